The number of methoxy groups -OCH3 is 2. The van der Waals surface area contributed by atoms with Gasteiger partial charge in [-0.05, 0) is 30.2 Å². The first-order valence-electron chi connectivity index (χ1n) is 4.38. The van der Waals surface area contributed by atoms with E-state index in [-0.39, 0.29) is 0 Å². The van der Waals surface area contributed by atoms with Gasteiger partial charge in [0, 0.05) is 6.54 Å². The summed E-state index contributed by atoms with van der Waals surface area (Å²) in [6.07, 6.45) is 0. The first kappa shape index (κ1) is 10.8. The van der Waals surface area contributed by atoms with E-state index in [1.807, 2.05) is 19.1 Å². The van der Waals surface area contributed by atoms with E-state index in [0.717, 1.165) is 22.6 Å². The van der Waals surface area contributed by atoms with Gasteiger partial charge in [-0.25, -0.2) is 0 Å². The van der Waals surface area contributed by atoms with Crippen LogP contribution in [0.25, 0.3) is 0 Å². The summed E-state index contributed by atoms with van der Waals surface area (Å²) in [5.41, 5.74) is 4.84. The second kappa shape index (κ2) is 4.83. The molecule has 0 atom stereocenters. The third-order valence-corrected chi connectivity index (χ3v) is 2.13. The summed E-state index contributed by atoms with van der Waals surface area (Å²) < 4.78 is 10.4. The molecule has 14 heavy (non-hydrogen) atoms. The highest BCUT2D eigenvalue weighted by Crippen LogP contribution is 2.29. The van der Waals surface area contributed by atoms with Gasteiger partial charge < -0.3 is 9.47 Å². The van der Waals surface area contributed by atoms with Crippen molar-refractivity contribution in [2.24, 2.45) is 5.84 Å². The number of hydrazine groups is 1. The molecule has 1 aromatic rings. The Morgan fingerprint density at radius 3 is 2.29 bits per heavy atom. The van der Waals surface area contributed by atoms with Gasteiger partial charge in [0.1, 0.15) is 0 Å². The highest BCUT2D eigenvalue weighted by Gasteiger charge is 2.07. The number of ether oxygens (including phenoxy) is 2. The number of aryl methyl sites for hydroxylation is 1. The van der Waals surface area contributed by atoms with Crippen molar-refractivity contribution in [1.29, 1.82) is 0 Å². The highest BCUT2D eigenvalue weighted by molar-refractivity contribution is 5.46. The number of nitrogens with two attached hydrogens (primary N) is 1. The van der Waals surface area contributed by atoms with Gasteiger partial charge in [0.2, 0.25) is 0 Å². The molecule has 78 valence electrons. The molecule has 1 rings (SSSR count). The molecule has 0 aliphatic heterocycles. The van der Waals surface area contributed by atoms with Gasteiger partial charge >= 0.3 is 0 Å². The van der Waals surface area contributed by atoms with Crippen molar-refractivity contribution in [2.75, 3.05) is 14.2 Å². The molecule has 0 aliphatic carbocycles. The molecule has 0 heterocycles. The zero-order valence-electron chi connectivity index (χ0n) is 8.76. The van der Waals surface area contributed by atoms with Gasteiger partial charge in [-0.15, -0.1) is 0 Å². The summed E-state index contributed by atoms with van der Waals surface area (Å²) in [6.45, 7) is 2.63. The molecule has 0 radical (unpaired) electrons. The van der Waals surface area contributed by atoms with Crippen LogP contribution in [0.15, 0.2) is 12.1 Å². The van der Waals surface area contributed by atoms with Gasteiger partial charge in [-0.2, -0.15) is 0 Å². The zero-order valence-corrected chi connectivity index (χ0v) is 8.76. The fourth-order valence-corrected chi connectivity index (χ4v) is 1.32. The Morgan fingerprint density at radius 2 is 1.79 bits per heavy atom. The third kappa shape index (κ3) is 2.16. The SMILES string of the molecule is COc1cc(C)c(CNN)cc1OC. The van der Waals surface area contributed by atoms with Crippen LogP contribution in [-0.4, -0.2) is 14.2 Å². The molecule has 0 aliphatic rings. The van der Waals surface area contributed by atoms with Gasteiger partial charge in [0.15, 0.2) is 11.5 Å². The summed E-state index contributed by atoms with van der Waals surface area (Å²) >= 11 is 0. The predicted octanol–water partition coefficient (Wildman–Crippen LogP) is 0.976. The molecule has 4 nitrogen and oxygen atoms in total. The smallest absolute Gasteiger partial charge is 0.161 e. The van der Waals surface area contributed by atoms with Crippen LogP contribution in [0, 0.1) is 6.92 Å². The normalized spacial score (nSPS) is 10.0. The van der Waals surface area contributed by atoms with Crippen molar-refractivity contribution in [3.8, 4) is 11.5 Å². The first-order valence-corrected chi connectivity index (χ1v) is 4.38. The van der Waals surface area contributed by atoms with Crippen molar-refractivity contribution < 1.29 is 9.47 Å². The van der Waals surface area contributed by atoms with Gasteiger partial charge in [0.05, 0.1) is 14.2 Å². The Hall–Kier alpha value is -1.26. The molecule has 1 aromatic carbocycles. The van der Waals surface area contributed by atoms with Crippen LogP contribution in [0.5, 0.6) is 11.5 Å². The Labute approximate surface area is 84.0 Å². The lowest BCUT2D eigenvalue weighted by Gasteiger charge is -2.12. The molecule has 0 bridgehead atoms. The topological polar surface area (TPSA) is 56.5 Å². The third-order valence-electron chi connectivity index (χ3n) is 2.13. The number of hydrogen-bond acceptors (Lipinski definition) is 4. The number of benzene rings is 1. The Bertz CT molecular complexity index is 313. The summed E-state index contributed by atoms with van der Waals surface area (Å²) in [5, 5.41) is 0. The molecule has 4 heteroatoms. The molecule has 3 N–H and O–H groups in total. The quantitative estimate of drug-likeness (QED) is 0.556. The minimum atomic E-state index is 0.617. The van der Waals surface area contributed by atoms with Gasteiger partial charge in [-0.1, -0.05) is 0 Å². The van der Waals surface area contributed by atoms with E-state index in [2.05, 4.69) is 5.43 Å². The average molecular weight is 196 g/mol. The first-order chi connectivity index (χ1) is 6.72. The lowest BCUT2D eigenvalue weighted by atomic mass is 10.1. The molecule has 0 aromatic heterocycles. The van der Waals surface area contributed by atoms with E-state index in [1.165, 1.54) is 0 Å². The van der Waals surface area contributed by atoms with Crippen LogP contribution in [0.4, 0.5) is 0 Å². The predicted molar refractivity (Wildman–Crippen MR) is 55.3 cm³/mol. The van der Waals surface area contributed by atoms with E-state index >= 15 is 0 Å². The van der Waals surface area contributed by atoms with E-state index in [4.69, 9.17) is 15.3 Å². The molecular weight excluding hydrogens is 180 g/mol. The Morgan fingerprint density at radius 1 is 1.21 bits per heavy atom. The Balaban J connectivity index is 3.09. The van der Waals surface area contributed by atoms with Crippen LogP contribution >= 0.6 is 0 Å². The van der Waals surface area contributed by atoms with E-state index in [9.17, 15) is 0 Å². The average Bonchev–Trinajstić information content (AvgIpc) is 2.20. The Kier molecular flexibility index (Phi) is 3.73. The molecule has 0 amide bonds. The zero-order chi connectivity index (χ0) is 10.6. The van der Waals surface area contributed by atoms with E-state index in [1.54, 1.807) is 14.2 Å². The molecule has 0 saturated carbocycles. The van der Waals surface area contributed by atoms with Gasteiger partial charge in [0.25, 0.3) is 0 Å². The largest absolute Gasteiger partial charge is 0.493 e. The molecule has 0 fully saturated rings. The highest BCUT2D eigenvalue weighted by atomic mass is 16.5. The van der Waals surface area contributed by atoms with Crippen molar-refractivity contribution in [2.45, 2.75) is 13.5 Å². The van der Waals surface area contributed by atoms with E-state index < -0.39 is 0 Å². The monoisotopic (exact) mass is 196 g/mol. The lowest BCUT2D eigenvalue weighted by molar-refractivity contribution is 0.354. The standard InChI is InChI=1S/C10H16N2O2/c1-7-4-9(13-2)10(14-3)5-8(7)6-12-11/h4-5,12H,6,11H2,1-3H3. The minimum absolute atomic E-state index is 0.617. The number of hydrogen-bond donors (Lipinski definition) is 2. The van der Waals surface area contributed by atoms with Crippen molar-refractivity contribution in [1.82, 2.24) is 5.43 Å². The molecule has 0 spiro atoms. The van der Waals surface area contributed by atoms with Crippen LogP contribution in [-0.2, 0) is 6.54 Å². The van der Waals surface area contributed by atoms with Crippen LogP contribution < -0.4 is 20.7 Å². The summed E-state index contributed by atoms with van der Waals surface area (Å²) in [4.78, 5) is 0. The lowest BCUT2D eigenvalue weighted by Crippen LogP contribution is -2.21. The number of rotatable bonds is 4. The summed E-state index contributed by atoms with van der Waals surface area (Å²) in [7, 11) is 3.24. The van der Waals surface area contributed by atoms with Crippen LogP contribution in [0.1, 0.15) is 11.1 Å². The molecular formula is C10H16N2O2. The molecule has 0 unspecified atom stereocenters. The van der Waals surface area contributed by atoms with Crippen LogP contribution in [0.3, 0.4) is 0 Å². The fourth-order valence-electron chi connectivity index (χ4n) is 1.32. The molecule has 0 saturated heterocycles. The number of nitrogens with one attached hydrogen (secondary N) is 1. The fraction of sp³-hybridized carbons (Fsp3) is 0.400. The minimum Gasteiger partial charge on any atom is -0.493 e. The maximum absolute atomic E-state index is 5.27. The van der Waals surface area contributed by atoms with Crippen molar-refractivity contribution in [3.05, 3.63) is 23.3 Å². The second-order valence-corrected chi connectivity index (χ2v) is 3.01. The van der Waals surface area contributed by atoms with Gasteiger partial charge in [-0.3, -0.25) is 11.3 Å². The van der Waals surface area contributed by atoms with Crippen molar-refractivity contribution >= 4 is 0 Å². The maximum atomic E-state index is 5.27. The van der Waals surface area contributed by atoms with E-state index in [0.29, 0.717) is 6.54 Å². The van der Waals surface area contributed by atoms with Crippen molar-refractivity contribution in [3.63, 3.8) is 0 Å². The van der Waals surface area contributed by atoms with Crippen LogP contribution in [0.2, 0.25) is 0 Å². The second-order valence-electron chi connectivity index (χ2n) is 3.01. The maximum Gasteiger partial charge on any atom is 0.161 e. The summed E-state index contributed by atoms with van der Waals surface area (Å²) in [6, 6.07) is 3.86. The summed E-state index contributed by atoms with van der Waals surface area (Å²) in [5.74, 6) is 6.74.